The van der Waals surface area contributed by atoms with Gasteiger partial charge in [0.2, 0.25) is 0 Å². The van der Waals surface area contributed by atoms with Crippen molar-refractivity contribution in [3.05, 3.63) is 34.9 Å². The van der Waals surface area contributed by atoms with E-state index in [1.54, 1.807) is 7.05 Å². The van der Waals surface area contributed by atoms with Crippen LogP contribution in [0.5, 0.6) is 0 Å². The minimum Gasteiger partial charge on any atom is -0.366 e. The molecule has 0 aliphatic rings. The lowest BCUT2D eigenvalue weighted by Gasteiger charge is -2.12. The zero-order valence-electron chi connectivity index (χ0n) is 8.57. The molecule has 1 aromatic carbocycles. The van der Waals surface area contributed by atoms with Crippen LogP contribution in [0.4, 0.5) is 0 Å². The Kier molecular flexibility index (Phi) is 4.47. The molecule has 14 heavy (non-hydrogen) atoms. The first kappa shape index (κ1) is 11.1. The average Bonchev–Trinajstić information content (AvgIpc) is 2.17. The minimum atomic E-state index is 0.789. The molecule has 2 nitrogen and oxygen atoms in total. The SMILES string of the molecule is CN=CN(C)CCc1ccc(Cl)cc1. The van der Waals surface area contributed by atoms with E-state index in [4.69, 9.17) is 11.6 Å². The van der Waals surface area contributed by atoms with Gasteiger partial charge in [0.15, 0.2) is 0 Å². The van der Waals surface area contributed by atoms with Gasteiger partial charge in [0.25, 0.3) is 0 Å². The molecule has 0 N–H and O–H groups in total. The lowest BCUT2D eigenvalue weighted by molar-refractivity contribution is 0.522. The van der Waals surface area contributed by atoms with Gasteiger partial charge in [-0.3, -0.25) is 4.99 Å². The molecule has 76 valence electrons. The summed E-state index contributed by atoms with van der Waals surface area (Å²) in [5, 5.41) is 0.789. The molecule has 0 saturated carbocycles. The van der Waals surface area contributed by atoms with Crippen LogP contribution in [-0.2, 0) is 6.42 Å². The van der Waals surface area contributed by atoms with E-state index in [0.717, 1.165) is 18.0 Å². The summed E-state index contributed by atoms with van der Waals surface area (Å²) in [6.45, 7) is 0.971. The predicted octanol–water partition coefficient (Wildman–Crippen LogP) is 2.47. The number of hydrogen-bond donors (Lipinski definition) is 0. The van der Waals surface area contributed by atoms with E-state index in [1.807, 2.05) is 25.5 Å². The second-order valence-electron chi connectivity index (χ2n) is 3.23. The van der Waals surface area contributed by atoms with Crippen LogP contribution in [0.15, 0.2) is 29.3 Å². The van der Waals surface area contributed by atoms with Crippen molar-refractivity contribution in [2.24, 2.45) is 4.99 Å². The van der Waals surface area contributed by atoms with Gasteiger partial charge in [0.1, 0.15) is 0 Å². The molecule has 0 aromatic heterocycles. The van der Waals surface area contributed by atoms with Gasteiger partial charge in [-0.25, -0.2) is 0 Å². The Morgan fingerprint density at radius 2 is 2.00 bits per heavy atom. The topological polar surface area (TPSA) is 15.6 Å². The molecule has 1 rings (SSSR count). The molecule has 1 aromatic rings. The average molecular weight is 211 g/mol. The van der Waals surface area contributed by atoms with Crippen molar-refractivity contribution in [3.8, 4) is 0 Å². The molecule has 0 aliphatic carbocycles. The van der Waals surface area contributed by atoms with Crippen molar-refractivity contribution in [2.45, 2.75) is 6.42 Å². The Morgan fingerprint density at radius 3 is 2.57 bits per heavy atom. The van der Waals surface area contributed by atoms with Crippen LogP contribution in [0, 0.1) is 0 Å². The van der Waals surface area contributed by atoms with Gasteiger partial charge < -0.3 is 4.90 Å². The Labute approximate surface area is 90.2 Å². The van der Waals surface area contributed by atoms with Gasteiger partial charge in [-0.15, -0.1) is 0 Å². The van der Waals surface area contributed by atoms with Crippen molar-refractivity contribution >= 4 is 17.9 Å². The zero-order valence-corrected chi connectivity index (χ0v) is 9.33. The molecule has 0 atom stereocenters. The van der Waals surface area contributed by atoms with Crippen LogP contribution in [0.1, 0.15) is 5.56 Å². The number of benzene rings is 1. The van der Waals surface area contributed by atoms with Crippen molar-refractivity contribution in [1.29, 1.82) is 0 Å². The fraction of sp³-hybridized carbons (Fsp3) is 0.364. The van der Waals surface area contributed by atoms with Crippen molar-refractivity contribution in [1.82, 2.24) is 4.90 Å². The molecule has 0 aliphatic heterocycles. The normalized spacial score (nSPS) is 10.8. The summed E-state index contributed by atoms with van der Waals surface area (Å²) in [7, 11) is 3.79. The summed E-state index contributed by atoms with van der Waals surface area (Å²) in [6, 6.07) is 7.95. The van der Waals surface area contributed by atoms with Gasteiger partial charge in [-0.2, -0.15) is 0 Å². The highest BCUT2D eigenvalue weighted by Crippen LogP contribution is 2.09. The second kappa shape index (κ2) is 5.66. The number of likely N-dealkylation sites (N-methyl/N-ethyl adjacent to an activating group) is 1. The fourth-order valence-electron chi connectivity index (χ4n) is 1.21. The van der Waals surface area contributed by atoms with Gasteiger partial charge in [0.05, 0.1) is 6.34 Å². The van der Waals surface area contributed by atoms with E-state index < -0.39 is 0 Å². The monoisotopic (exact) mass is 210 g/mol. The quantitative estimate of drug-likeness (QED) is 0.551. The third-order valence-corrected chi connectivity index (χ3v) is 2.23. The van der Waals surface area contributed by atoms with Gasteiger partial charge in [-0.05, 0) is 24.1 Å². The number of halogens is 1. The van der Waals surface area contributed by atoms with Crippen LogP contribution in [-0.4, -0.2) is 31.9 Å². The molecule has 0 unspecified atom stereocenters. The van der Waals surface area contributed by atoms with Crippen LogP contribution in [0.25, 0.3) is 0 Å². The molecule has 0 bridgehead atoms. The maximum Gasteiger partial charge on any atom is 0.0843 e. The Hall–Kier alpha value is -1.02. The minimum absolute atomic E-state index is 0.789. The maximum absolute atomic E-state index is 5.79. The lowest BCUT2D eigenvalue weighted by atomic mass is 10.1. The first-order chi connectivity index (χ1) is 6.72. The zero-order chi connectivity index (χ0) is 10.4. The van der Waals surface area contributed by atoms with Crippen LogP contribution in [0.2, 0.25) is 5.02 Å². The second-order valence-corrected chi connectivity index (χ2v) is 3.67. The Bertz CT molecular complexity index is 293. The molecule has 0 fully saturated rings. The number of hydrogen-bond acceptors (Lipinski definition) is 1. The van der Waals surface area contributed by atoms with E-state index in [1.165, 1.54) is 5.56 Å². The predicted molar refractivity (Wildman–Crippen MR) is 62.2 cm³/mol. The third kappa shape index (κ3) is 3.79. The summed E-state index contributed by atoms with van der Waals surface area (Å²) in [5.74, 6) is 0. The Morgan fingerprint density at radius 1 is 1.36 bits per heavy atom. The van der Waals surface area contributed by atoms with Crippen molar-refractivity contribution in [3.63, 3.8) is 0 Å². The van der Waals surface area contributed by atoms with Gasteiger partial charge >= 0.3 is 0 Å². The smallest absolute Gasteiger partial charge is 0.0843 e. The first-order valence-electron chi connectivity index (χ1n) is 4.59. The highest BCUT2D eigenvalue weighted by molar-refractivity contribution is 6.30. The highest BCUT2D eigenvalue weighted by Gasteiger charge is 1.95. The van der Waals surface area contributed by atoms with Crippen LogP contribution < -0.4 is 0 Å². The van der Waals surface area contributed by atoms with Crippen molar-refractivity contribution < 1.29 is 0 Å². The molecular weight excluding hydrogens is 196 g/mol. The molecule has 3 heteroatoms. The van der Waals surface area contributed by atoms with E-state index in [9.17, 15) is 0 Å². The summed E-state index contributed by atoms with van der Waals surface area (Å²) in [5.41, 5.74) is 1.30. The van der Waals surface area contributed by atoms with Crippen LogP contribution >= 0.6 is 11.6 Å². The lowest BCUT2D eigenvalue weighted by Crippen LogP contribution is -2.19. The molecular formula is C11H15ClN2. The number of rotatable bonds is 4. The molecule has 0 radical (unpaired) electrons. The number of aliphatic imine (C=N–C) groups is 1. The molecule has 0 spiro atoms. The van der Waals surface area contributed by atoms with E-state index >= 15 is 0 Å². The van der Waals surface area contributed by atoms with E-state index in [-0.39, 0.29) is 0 Å². The summed E-state index contributed by atoms with van der Waals surface area (Å²) in [4.78, 5) is 6.01. The largest absolute Gasteiger partial charge is 0.366 e. The molecule has 0 amide bonds. The molecule has 0 saturated heterocycles. The standard InChI is InChI=1S/C11H15ClN2/c1-13-9-14(2)8-7-10-3-5-11(12)6-4-10/h3-6,9H,7-8H2,1-2H3. The van der Waals surface area contributed by atoms with E-state index in [2.05, 4.69) is 22.0 Å². The third-order valence-electron chi connectivity index (χ3n) is 1.98. The van der Waals surface area contributed by atoms with Gasteiger partial charge in [0, 0.05) is 25.7 Å². The summed E-state index contributed by atoms with van der Waals surface area (Å²) >= 11 is 5.79. The fourth-order valence-corrected chi connectivity index (χ4v) is 1.34. The summed E-state index contributed by atoms with van der Waals surface area (Å²) < 4.78 is 0. The number of nitrogens with zero attached hydrogens (tertiary/aromatic N) is 2. The highest BCUT2D eigenvalue weighted by atomic mass is 35.5. The first-order valence-corrected chi connectivity index (χ1v) is 4.97. The van der Waals surface area contributed by atoms with Gasteiger partial charge in [-0.1, -0.05) is 23.7 Å². The van der Waals surface area contributed by atoms with Crippen LogP contribution in [0.3, 0.4) is 0 Å². The van der Waals surface area contributed by atoms with Crippen molar-refractivity contribution in [2.75, 3.05) is 20.6 Å². The van der Waals surface area contributed by atoms with E-state index in [0.29, 0.717) is 0 Å². The summed E-state index contributed by atoms with van der Waals surface area (Å²) in [6.07, 6.45) is 2.84. The maximum atomic E-state index is 5.79. The Balaban J connectivity index is 2.42. The molecule has 0 heterocycles.